The molecule has 0 saturated heterocycles. The number of aryl methyl sites for hydroxylation is 2. The van der Waals surface area contributed by atoms with Crippen molar-refractivity contribution in [3.8, 4) is 0 Å². The maximum atomic E-state index is 12.2. The Morgan fingerprint density at radius 3 is 1.80 bits per heavy atom. The summed E-state index contributed by atoms with van der Waals surface area (Å²) < 4.78 is 28.5. The Labute approximate surface area is 122 Å². The van der Waals surface area contributed by atoms with E-state index in [0.717, 1.165) is 16.0 Å². The standard InChI is InChI=1S/C15H17NO2S2/c1-12-4-8-14(9-5-12)19(3)16-20(17,18)15-10-6-13(2)7-11-15/h4-11H,1-3H3/t19-/m1/s1. The summed E-state index contributed by atoms with van der Waals surface area (Å²) in [6, 6.07) is 14.5. The molecule has 5 heteroatoms. The van der Waals surface area contributed by atoms with E-state index in [4.69, 9.17) is 0 Å². The van der Waals surface area contributed by atoms with Crippen molar-refractivity contribution in [2.45, 2.75) is 23.6 Å². The summed E-state index contributed by atoms with van der Waals surface area (Å²) >= 11 is 0. The molecular weight excluding hydrogens is 290 g/mol. The van der Waals surface area contributed by atoms with Crippen molar-refractivity contribution in [3.63, 3.8) is 0 Å². The van der Waals surface area contributed by atoms with Crippen LogP contribution in [0.15, 0.2) is 62.1 Å². The molecule has 0 aliphatic heterocycles. The lowest BCUT2D eigenvalue weighted by Gasteiger charge is -2.04. The second-order valence-electron chi connectivity index (χ2n) is 4.65. The Morgan fingerprint density at radius 2 is 1.30 bits per heavy atom. The summed E-state index contributed by atoms with van der Waals surface area (Å²) in [5.41, 5.74) is 2.17. The maximum absolute atomic E-state index is 12.2. The van der Waals surface area contributed by atoms with Gasteiger partial charge in [-0.2, -0.15) is 8.42 Å². The second kappa shape index (κ2) is 5.89. The highest BCUT2D eigenvalue weighted by Crippen LogP contribution is 2.17. The molecule has 0 radical (unpaired) electrons. The molecule has 1 atom stereocenters. The van der Waals surface area contributed by atoms with Gasteiger partial charge in [0.05, 0.1) is 4.90 Å². The molecule has 0 amide bonds. The van der Waals surface area contributed by atoms with E-state index in [1.54, 1.807) is 24.3 Å². The number of hydrogen-bond acceptors (Lipinski definition) is 2. The highest BCUT2D eigenvalue weighted by atomic mass is 32.3. The first-order valence-electron chi connectivity index (χ1n) is 6.16. The van der Waals surface area contributed by atoms with Gasteiger partial charge in [-0.05, 0) is 44.4 Å². The lowest BCUT2D eigenvalue weighted by atomic mass is 10.2. The van der Waals surface area contributed by atoms with Crippen LogP contribution in [0.2, 0.25) is 0 Å². The Hall–Kier alpha value is -1.46. The minimum atomic E-state index is -3.60. The van der Waals surface area contributed by atoms with Gasteiger partial charge in [0, 0.05) is 4.90 Å². The maximum Gasteiger partial charge on any atom is 0.288 e. The van der Waals surface area contributed by atoms with E-state index in [9.17, 15) is 8.42 Å². The highest BCUT2D eigenvalue weighted by molar-refractivity contribution is 7.99. The molecule has 0 spiro atoms. The number of hydrogen-bond donors (Lipinski definition) is 0. The van der Waals surface area contributed by atoms with Crippen LogP contribution in [0, 0.1) is 13.8 Å². The van der Waals surface area contributed by atoms with Crippen LogP contribution in [0.25, 0.3) is 0 Å². The summed E-state index contributed by atoms with van der Waals surface area (Å²) in [6.45, 7) is 3.92. The van der Waals surface area contributed by atoms with E-state index in [0.29, 0.717) is 0 Å². The molecule has 0 N–H and O–H groups in total. The van der Waals surface area contributed by atoms with Crippen molar-refractivity contribution in [1.82, 2.24) is 0 Å². The third-order valence-electron chi connectivity index (χ3n) is 2.89. The molecule has 0 bridgehead atoms. The third kappa shape index (κ3) is 3.55. The molecule has 0 unspecified atom stereocenters. The first-order valence-corrected chi connectivity index (χ1v) is 9.19. The molecule has 3 nitrogen and oxygen atoms in total. The average Bonchev–Trinajstić information content (AvgIpc) is 2.39. The van der Waals surface area contributed by atoms with Gasteiger partial charge >= 0.3 is 0 Å². The Balaban J connectivity index is 2.37. The van der Waals surface area contributed by atoms with Gasteiger partial charge in [-0.25, -0.2) is 0 Å². The zero-order valence-electron chi connectivity index (χ0n) is 11.7. The average molecular weight is 307 g/mol. The van der Waals surface area contributed by atoms with Crippen molar-refractivity contribution in [2.24, 2.45) is 3.77 Å². The van der Waals surface area contributed by atoms with Gasteiger partial charge in [-0.15, -0.1) is 3.77 Å². The topological polar surface area (TPSA) is 46.5 Å². The summed E-state index contributed by atoms with van der Waals surface area (Å²) in [7, 11) is -4.28. The van der Waals surface area contributed by atoms with Crippen LogP contribution in [0.3, 0.4) is 0 Å². The summed E-state index contributed by atoms with van der Waals surface area (Å²) in [6.07, 6.45) is 1.82. The van der Waals surface area contributed by atoms with Crippen molar-refractivity contribution < 1.29 is 8.42 Å². The monoisotopic (exact) mass is 307 g/mol. The molecule has 106 valence electrons. The lowest BCUT2D eigenvalue weighted by molar-refractivity contribution is 0.598. The number of benzene rings is 2. The molecule has 0 saturated carbocycles. The molecule has 0 aliphatic rings. The van der Waals surface area contributed by atoms with Crippen molar-refractivity contribution in [2.75, 3.05) is 6.26 Å². The minimum absolute atomic E-state index is 0.245. The van der Waals surface area contributed by atoms with Crippen LogP contribution in [0.4, 0.5) is 0 Å². The molecule has 0 heterocycles. The van der Waals surface area contributed by atoms with Crippen LogP contribution in [0.1, 0.15) is 11.1 Å². The predicted octanol–water partition coefficient (Wildman–Crippen LogP) is 3.48. The quantitative estimate of drug-likeness (QED) is 0.871. The molecule has 2 aromatic rings. The molecule has 0 fully saturated rings. The van der Waals surface area contributed by atoms with E-state index in [2.05, 4.69) is 3.77 Å². The fraction of sp³-hybridized carbons (Fsp3) is 0.200. The van der Waals surface area contributed by atoms with Gasteiger partial charge in [0.15, 0.2) is 0 Å². The van der Waals surface area contributed by atoms with E-state index in [1.165, 1.54) is 0 Å². The third-order valence-corrected chi connectivity index (χ3v) is 6.39. The van der Waals surface area contributed by atoms with Crippen molar-refractivity contribution in [1.29, 1.82) is 0 Å². The second-order valence-corrected chi connectivity index (χ2v) is 8.10. The van der Waals surface area contributed by atoms with E-state index < -0.39 is 20.7 Å². The van der Waals surface area contributed by atoms with Crippen molar-refractivity contribution >= 4 is 20.7 Å². The van der Waals surface area contributed by atoms with Crippen LogP contribution < -0.4 is 0 Å². The Bertz CT molecular complexity index is 730. The number of rotatable bonds is 3. The first-order chi connectivity index (χ1) is 9.38. The molecule has 0 aromatic heterocycles. The van der Waals surface area contributed by atoms with Gasteiger partial charge in [0.2, 0.25) is 0 Å². The zero-order valence-corrected chi connectivity index (χ0v) is 13.3. The van der Waals surface area contributed by atoms with E-state index >= 15 is 0 Å². The summed E-state index contributed by atoms with van der Waals surface area (Å²) in [4.78, 5) is 1.17. The molecular formula is C15H17NO2S2. The van der Waals surface area contributed by atoms with Crippen molar-refractivity contribution in [3.05, 3.63) is 59.7 Å². The summed E-state index contributed by atoms with van der Waals surface area (Å²) in [5.74, 6) is 0. The molecule has 20 heavy (non-hydrogen) atoms. The van der Waals surface area contributed by atoms with E-state index in [1.807, 2.05) is 44.4 Å². The van der Waals surface area contributed by atoms with Crippen LogP contribution >= 0.6 is 0 Å². The number of sulfonamides is 1. The minimum Gasteiger partial charge on any atom is -0.199 e. The molecule has 0 aliphatic carbocycles. The SMILES string of the molecule is Cc1ccc([S@@](C)=NS(=O)(=O)c2ccc(C)cc2)cc1. The zero-order chi connectivity index (χ0) is 14.8. The molecule has 2 aromatic carbocycles. The van der Waals surface area contributed by atoms with Crippen LogP contribution in [0.5, 0.6) is 0 Å². The van der Waals surface area contributed by atoms with Gasteiger partial charge in [-0.1, -0.05) is 46.1 Å². The van der Waals surface area contributed by atoms with E-state index in [-0.39, 0.29) is 4.90 Å². The Kier molecular flexibility index (Phi) is 4.40. The fourth-order valence-electron chi connectivity index (χ4n) is 1.68. The smallest absolute Gasteiger partial charge is 0.199 e. The van der Waals surface area contributed by atoms with Gasteiger partial charge in [-0.3, -0.25) is 0 Å². The van der Waals surface area contributed by atoms with Gasteiger partial charge in [0.25, 0.3) is 10.0 Å². The number of nitrogens with zero attached hydrogens (tertiary/aromatic N) is 1. The fourth-order valence-corrected chi connectivity index (χ4v) is 4.55. The van der Waals surface area contributed by atoms with Crippen LogP contribution in [-0.2, 0) is 20.7 Å². The Morgan fingerprint density at radius 1 is 0.850 bits per heavy atom. The normalized spacial score (nSPS) is 13.3. The largest absolute Gasteiger partial charge is 0.288 e. The highest BCUT2D eigenvalue weighted by Gasteiger charge is 2.13. The predicted molar refractivity (Wildman–Crippen MR) is 83.5 cm³/mol. The lowest BCUT2D eigenvalue weighted by Crippen LogP contribution is -2.00. The van der Waals surface area contributed by atoms with Gasteiger partial charge < -0.3 is 0 Å². The molecule has 2 rings (SSSR count). The van der Waals surface area contributed by atoms with Gasteiger partial charge in [0.1, 0.15) is 0 Å². The first kappa shape index (κ1) is 14.9. The summed E-state index contributed by atoms with van der Waals surface area (Å²) in [5, 5.41) is 0. The van der Waals surface area contributed by atoms with Crippen LogP contribution in [-0.4, -0.2) is 14.7 Å².